The lowest BCUT2D eigenvalue weighted by molar-refractivity contribution is -0.118. The summed E-state index contributed by atoms with van der Waals surface area (Å²) < 4.78 is 29.3. The second-order valence-electron chi connectivity index (χ2n) is 9.70. The smallest absolute Gasteiger partial charge is 0.251 e. The predicted molar refractivity (Wildman–Crippen MR) is 151 cm³/mol. The number of anilines is 1. The number of benzene rings is 3. The highest BCUT2D eigenvalue weighted by atomic mass is 79.9. The Hall–Kier alpha value is -2.72. The molecule has 2 amide bonds. The van der Waals surface area contributed by atoms with Crippen molar-refractivity contribution < 1.29 is 18.0 Å². The van der Waals surface area contributed by atoms with Crippen LogP contribution in [0.1, 0.15) is 34.3 Å². The highest BCUT2D eigenvalue weighted by Gasteiger charge is 2.32. The summed E-state index contributed by atoms with van der Waals surface area (Å²) in [6.45, 7) is 0.786. The van der Waals surface area contributed by atoms with Crippen LogP contribution in [-0.2, 0) is 27.7 Å². The van der Waals surface area contributed by atoms with Gasteiger partial charge >= 0.3 is 0 Å². The highest BCUT2D eigenvalue weighted by Crippen LogP contribution is 2.31. The van der Waals surface area contributed by atoms with E-state index in [0.29, 0.717) is 31.1 Å². The van der Waals surface area contributed by atoms with Crippen molar-refractivity contribution in [2.45, 2.75) is 36.6 Å². The summed E-state index contributed by atoms with van der Waals surface area (Å²) in [7, 11) is -3.90. The zero-order valence-electron chi connectivity index (χ0n) is 20.5. The van der Waals surface area contributed by atoms with Crippen LogP contribution in [0, 0.1) is 5.92 Å². The third-order valence-electron chi connectivity index (χ3n) is 7.13. The van der Waals surface area contributed by atoms with E-state index in [-0.39, 0.29) is 21.4 Å². The number of amides is 2. The quantitative estimate of drug-likeness (QED) is 0.406. The van der Waals surface area contributed by atoms with Crippen LogP contribution in [0.2, 0.25) is 5.02 Å². The zero-order valence-corrected chi connectivity index (χ0v) is 23.7. The Morgan fingerprint density at radius 1 is 1.05 bits per heavy atom. The molecule has 198 valence electrons. The number of fused-ring (bicyclic) bond motifs is 1. The first-order valence-electron chi connectivity index (χ1n) is 12.4. The van der Waals surface area contributed by atoms with Crippen LogP contribution in [0.15, 0.2) is 76.1 Å². The van der Waals surface area contributed by atoms with Gasteiger partial charge in [0.05, 0.1) is 5.02 Å². The van der Waals surface area contributed by atoms with Gasteiger partial charge in [0.1, 0.15) is 10.9 Å². The molecule has 3 aromatic carbocycles. The summed E-state index contributed by atoms with van der Waals surface area (Å²) in [5, 5.41) is 5.60. The molecule has 2 aliphatic rings. The van der Waals surface area contributed by atoms with Crippen molar-refractivity contribution in [3.8, 4) is 0 Å². The van der Waals surface area contributed by atoms with Crippen LogP contribution < -0.4 is 10.6 Å². The molecule has 2 N–H and O–H groups in total. The number of carbonyl (C=O) groups is 2. The summed E-state index contributed by atoms with van der Waals surface area (Å²) >= 11 is 9.70. The summed E-state index contributed by atoms with van der Waals surface area (Å²) in [4.78, 5) is 25.6. The van der Waals surface area contributed by atoms with Gasteiger partial charge in [0.15, 0.2) is 0 Å². The predicted octanol–water partition coefficient (Wildman–Crippen LogP) is 5.04. The van der Waals surface area contributed by atoms with Gasteiger partial charge in [0.25, 0.3) is 5.91 Å². The van der Waals surface area contributed by atoms with Crippen molar-refractivity contribution in [3.63, 3.8) is 0 Å². The number of sulfonamides is 1. The maximum Gasteiger partial charge on any atom is 0.251 e. The summed E-state index contributed by atoms with van der Waals surface area (Å²) in [5.41, 5.74) is 2.97. The summed E-state index contributed by atoms with van der Waals surface area (Å²) in [6.07, 6.45) is 2.75. The van der Waals surface area contributed by atoms with Gasteiger partial charge in [-0.05, 0) is 66.6 Å². The van der Waals surface area contributed by atoms with E-state index in [0.717, 1.165) is 29.3 Å². The number of nitrogens with zero attached hydrogens (tertiary/aromatic N) is 1. The van der Waals surface area contributed by atoms with Crippen LogP contribution in [-0.4, -0.2) is 43.7 Å². The fourth-order valence-corrected chi connectivity index (χ4v) is 7.35. The normalized spacial score (nSPS) is 18.5. The standard InChI is InChI=1S/C28H27BrClN3O4S/c29-22-8-6-20-15-25(28(35)31-24(20)17-22)32-27(34)21-7-9-23(30)26(16-21)38(36,37)33-12-10-19(11-13-33)14-18-4-2-1-3-5-18/h1-9,16-17,19,25H,10-15H2,(H,31,35)(H,32,34). The van der Waals surface area contributed by atoms with Gasteiger partial charge in [-0.2, -0.15) is 4.31 Å². The van der Waals surface area contributed by atoms with Gasteiger partial charge in [-0.3, -0.25) is 9.59 Å². The zero-order chi connectivity index (χ0) is 26.9. The Bertz CT molecular complexity index is 1470. The van der Waals surface area contributed by atoms with Gasteiger partial charge in [0, 0.05) is 35.2 Å². The molecule has 0 radical (unpaired) electrons. The van der Waals surface area contributed by atoms with E-state index in [2.05, 4.69) is 38.7 Å². The first kappa shape index (κ1) is 26.9. The fraction of sp³-hybridized carbons (Fsp3) is 0.286. The van der Waals surface area contributed by atoms with Crippen LogP contribution in [0.4, 0.5) is 5.69 Å². The molecular weight excluding hydrogens is 590 g/mol. The van der Waals surface area contributed by atoms with Crippen molar-refractivity contribution >= 4 is 55.1 Å². The van der Waals surface area contributed by atoms with Gasteiger partial charge in [-0.1, -0.05) is 63.9 Å². The molecule has 1 unspecified atom stereocenters. The van der Waals surface area contributed by atoms with E-state index in [9.17, 15) is 18.0 Å². The van der Waals surface area contributed by atoms with Crippen LogP contribution >= 0.6 is 27.5 Å². The molecule has 3 aromatic rings. The first-order chi connectivity index (χ1) is 18.2. The molecule has 0 bridgehead atoms. The van der Waals surface area contributed by atoms with E-state index >= 15 is 0 Å². The average Bonchev–Trinajstić information content (AvgIpc) is 2.90. The molecule has 0 saturated carbocycles. The Labute approximate surface area is 235 Å². The number of piperidine rings is 1. The van der Waals surface area contributed by atoms with Crippen LogP contribution in [0.5, 0.6) is 0 Å². The lowest BCUT2D eigenvalue weighted by atomic mass is 9.91. The van der Waals surface area contributed by atoms with Gasteiger partial charge in [0.2, 0.25) is 15.9 Å². The largest absolute Gasteiger partial charge is 0.340 e. The molecule has 2 aliphatic heterocycles. The minimum atomic E-state index is -3.90. The number of hydrogen-bond acceptors (Lipinski definition) is 4. The van der Waals surface area contributed by atoms with E-state index in [4.69, 9.17) is 11.6 Å². The monoisotopic (exact) mass is 615 g/mol. The molecule has 7 nitrogen and oxygen atoms in total. The molecule has 0 spiro atoms. The molecule has 1 fully saturated rings. The Kier molecular flexibility index (Phi) is 7.90. The molecule has 2 heterocycles. The Morgan fingerprint density at radius 3 is 2.53 bits per heavy atom. The van der Waals surface area contributed by atoms with Crippen molar-refractivity contribution in [3.05, 3.63) is 92.9 Å². The van der Waals surface area contributed by atoms with E-state index in [1.807, 2.05) is 36.4 Å². The summed E-state index contributed by atoms with van der Waals surface area (Å²) in [6, 6.07) is 19.2. The van der Waals surface area contributed by atoms with E-state index in [1.54, 1.807) is 0 Å². The molecular formula is C28H27BrClN3O4S. The number of halogens is 2. The number of nitrogens with one attached hydrogen (secondary N) is 2. The van der Waals surface area contributed by atoms with Gasteiger partial charge in [-0.15, -0.1) is 0 Å². The molecule has 1 atom stereocenters. The molecule has 1 saturated heterocycles. The van der Waals surface area contributed by atoms with Crippen molar-refractivity contribution in [1.29, 1.82) is 0 Å². The number of carbonyl (C=O) groups excluding carboxylic acids is 2. The molecule has 0 aromatic heterocycles. The first-order valence-corrected chi connectivity index (χ1v) is 15.1. The summed E-state index contributed by atoms with van der Waals surface area (Å²) in [5.74, 6) is -0.464. The molecule has 10 heteroatoms. The Morgan fingerprint density at radius 2 is 1.79 bits per heavy atom. The minimum absolute atomic E-state index is 0.0582. The lowest BCUT2D eigenvalue weighted by Gasteiger charge is -2.31. The SMILES string of the molecule is O=C(NC1Cc2ccc(Br)cc2NC1=O)c1ccc(Cl)c(S(=O)(=O)N2CCC(Cc3ccccc3)CC2)c1. The second kappa shape index (κ2) is 11.2. The van der Waals surface area contributed by atoms with Crippen molar-refractivity contribution in [1.82, 2.24) is 9.62 Å². The van der Waals surface area contributed by atoms with Gasteiger partial charge < -0.3 is 10.6 Å². The highest BCUT2D eigenvalue weighted by molar-refractivity contribution is 9.10. The van der Waals surface area contributed by atoms with E-state index < -0.39 is 22.0 Å². The fourth-order valence-electron chi connectivity index (χ4n) is 5.02. The third kappa shape index (κ3) is 5.81. The van der Waals surface area contributed by atoms with Gasteiger partial charge in [-0.25, -0.2) is 8.42 Å². The Balaban J connectivity index is 1.27. The maximum absolute atomic E-state index is 13.5. The second-order valence-corrected chi connectivity index (χ2v) is 12.9. The lowest BCUT2D eigenvalue weighted by Crippen LogP contribution is -2.47. The molecule has 0 aliphatic carbocycles. The van der Waals surface area contributed by atoms with Crippen LogP contribution in [0.3, 0.4) is 0 Å². The number of rotatable bonds is 6. The van der Waals surface area contributed by atoms with Crippen LogP contribution in [0.25, 0.3) is 0 Å². The van der Waals surface area contributed by atoms with Crippen molar-refractivity contribution in [2.24, 2.45) is 5.92 Å². The topological polar surface area (TPSA) is 95.6 Å². The molecule has 5 rings (SSSR count). The minimum Gasteiger partial charge on any atom is -0.340 e. The number of hydrogen-bond donors (Lipinski definition) is 2. The molecule has 38 heavy (non-hydrogen) atoms. The average molecular weight is 617 g/mol. The maximum atomic E-state index is 13.5. The van der Waals surface area contributed by atoms with E-state index in [1.165, 1.54) is 28.1 Å². The van der Waals surface area contributed by atoms with Crippen molar-refractivity contribution in [2.75, 3.05) is 18.4 Å². The third-order valence-corrected chi connectivity index (χ3v) is 10.0.